The Balaban J connectivity index is 3.32. The van der Waals surface area contributed by atoms with E-state index in [9.17, 15) is 28.1 Å². The van der Waals surface area contributed by atoms with Gasteiger partial charge in [-0.25, -0.2) is 0 Å². The van der Waals surface area contributed by atoms with Crippen molar-refractivity contribution in [1.29, 1.82) is 0 Å². The average Bonchev–Trinajstić information content (AvgIpc) is 2.16. The van der Waals surface area contributed by atoms with Crippen LogP contribution in [0.5, 0.6) is 0 Å². The van der Waals surface area contributed by atoms with Gasteiger partial charge in [0.2, 0.25) is 6.41 Å². The van der Waals surface area contributed by atoms with Crippen molar-refractivity contribution >= 4 is 17.8 Å². The number of rotatable bonds is 3. The molecule has 86 valence electrons. The lowest BCUT2D eigenvalue weighted by molar-refractivity contribution is -0.385. The second-order valence-electron chi connectivity index (χ2n) is 2.75. The van der Waals surface area contributed by atoms with Gasteiger partial charge in [-0.1, -0.05) is 0 Å². The van der Waals surface area contributed by atoms with Crippen molar-refractivity contribution in [3.05, 3.63) is 33.9 Å². The first-order valence-electron chi connectivity index (χ1n) is 3.92. The predicted octanol–water partition coefficient (Wildman–Crippen LogP) is 2.18. The van der Waals surface area contributed by atoms with Gasteiger partial charge < -0.3 is 5.32 Å². The molecular formula is C8H5F3N2O3. The van der Waals surface area contributed by atoms with Gasteiger partial charge in [0.05, 0.1) is 16.2 Å². The maximum atomic E-state index is 12.4. The first-order valence-corrected chi connectivity index (χ1v) is 3.92. The molecule has 0 aliphatic heterocycles. The molecule has 0 radical (unpaired) electrons. The summed E-state index contributed by atoms with van der Waals surface area (Å²) in [4.78, 5) is 19.4. The molecule has 0 aliphatic carbocycles. The Morgan fingerprint density at radius 2 is 2.00 bits per heavy atom. The van der Waals surface area contributed by atoms with E-state index in [1.54, 1.807) is 0 Å². The molecule has 1 aromatic carbocycles. The Morgan fingerprint density at radius 1 is 1.38 bits per heavy atom. The summed E-state index contributed by atoms with van der Waals surface area (Å²) in [5.41, 5.74) is -2.47. The molecule has 0 spiro atoms. The van der Waals surface area contributed by atoms with Crippen molar-refractivity contribution in [3.63, 3.8) is 0 Å². The second kappa shape index (κ2) is 4.17. The van der Waals surface area contributed by atoms with E-state index < -0.39 is 28.0 Å². The number of amides is 1. The van der Waals surface area contributed by atoms with Crippen molar-refractivity contribution < 1.29 is 22.9 Å². The van der Waals surface area contributed by atoms with E-state index in [-0.39, 0.29) is 6.41 Å². The highest BCUT2D eigenvalue weighted by Gasteiger charge is 2.35. The molecule has 1 N–H and O–H groups in total. The smallest absolute Gasteiger partial charge is 0.328 e. The number of carbonyl (C=O) groups is 1. The molecule has 1 amide bonds. The Bertz CT molecular complexity index is 431. The summed E-state index contributed by atoms with van der Waals surface area (Å²) in [5, 5.41) is 12.1. The number of nitro benzene ring substituents is 1. The molecule has 0 fully saturated rings. The summed E-state index contributed by atoms with van der Waals surface area (Å²) < 4.78 is 37.3. The number of non-ortho nitro benzene ring substituents is 1. The van der Waals surface area contributed by atoms with Crippen molar-refractivity contribution in [2.45, 2.75) is 6.18 Å². The molecular weight excluding hydrogens is 229 g/mol. The lowest BCUT2D eigenvalue weighted by Gasteiger charge is -2.11. The predicted molar refractivity (Wildman–Crippen MR) is 47.8 cm³/mol. The van der Waals surface area contributed by atoms with E-state index in [2.05, 4.69) is 0 Å². The minimum absolute atomic E-state index is 0.0659. The summed E-state index contributed by atoms with van der Waals surface area (Å²) in [6, 6.07) is 2.07. The normalized spacial score (nSPS) is 10.9. The van der Waals surface area contributed by atoms with Gasteiger partial charge in [0.1, 0.15) is 0 Å². The molecule has 0 bridgehead atoms. The summed E-state index contributed by atoms with van der Waals surface area (Å²) >= 11 is 0. The highest BCUT2D eigenvalue weighted by Crippen LogP contribution is 2.36. The van der Waals surface area contributed by atoms with Crippen LogP contribution in [0.1, 0.15) is 5.56 Å². The largest absolute Gasteiger partial charge is 0.418 e. The third-order valence-corrected chi connectivity index (χ3v) is 1.73. The van der Waals surface area contributed by atoms with Crippen LogP contribution in [-0.4, -0.2) is 11.3 Å². The Hall–Kier alpha value is -2.12. The van der Waals surface area contributed by atoms with Crippen LogP contribution in [0.2, 0.25) is 0 Å². The van der Waals surface area contributed by atoms with Gasteiger partial charge in [-0.15, -0.1) is 0 Å². The molecule has 16 heavy (non-hydrogen) atoms. The van der Waals surface area contributed by atoms with Crippen LogP contribution in [0.15, 0.2) is 18.2 Å². The van der Waals surface area contributed by atoms with Crippen LogP contribution >= 0.6 is 0 Å². The van der Waals surface area contributed by atoms with Gasteiger partial charge >= 0.3 is 6.18 Å². The number of alkyl halides is 3. The number of nitro groups is 1. The molecule has 0 atom stereocenters. The zero-order valence-corrected chi connectivity index (χ0v) is 7.62. The molecule has 0 aliphatic rings. The highest BCUT2D eigenvalue weighted by molar-refractivity contribution is 5.74. The standard InChI is InChI=1S/C8H5F3N2O3/c9-8(10,11)6-3-5(13(15)16)1-2-7(6)12-4-14/h1-4H,(H,12,14). The van der Waals surface area contributed by atoms with Crippen LogP contribution in [0.4, 0.5) is 24.5 Å². The quantitative estimate of drug-likeness (QED) is 0.495. The van der Waals surface area contributed by atoms with Crippen LogP contribution in [0, 0.1) is 10.1 Å². The molecule has 0 saturated heterocycles. The van der Waals surface area contributed by atoms with E-state index in [0.717, 1.165) is 12.1 Å². The topological polar surface area (TPSA) is 72.2 Å². The second-order valence-corrected chi connectivity index (χ2v) is 2.75. The van der Waals surface area contributed by atoms with Crippen LogP contribution < -0.4 is 5.32 Å². The fraction of sp³-hybridized carbons (Fsp3) is 0.125. The molecule has 1 aromatic rings. The van der Waals surface area contributed by atoms with Gasteiger partial charge in [0.15, 0.2) is 0 Å². The third kappa shape index (κ3) is 2.47. The van der Waals surface area contributed by atoms with Gasteiger partial charge in [-0.2, -0.15) is 13.2 Å². The molecule has 0 saturated carbocycles. The van der Waals surface area contributed by atoms with Gasteiger partial charge in [-0.05, 0) is 6.07 Å². The maximum Gasteiger partial charge on any atom is 0.418 e. The van der Waals surface area contributed by atoms with Crippen molar-refractivity contribution in [1.82, 2.24) is 0 Å². The number of hydrogen-bond acceptors (Lipinski definition) is 3. The third-order valence-electron chi connectivity index (χ3n) is 1.73. The molecule has 1 rings (SSSR count). The minimum Gasteiger partial charge on any atom is -0.328 e. The lowest BCUT2D eigenvalue weighted by atomic mass is 10.1. The SMILES string of the molecule is O=CNc1ccc([N+](=O)[O-])cc1C(F)(F)F. The van der Waals surface area contributed by atoms with Gasteiger partial charge in [0.25, 0.3) is 5.69 Å². The number of anilines is 1. The summed E-state index contributed by atoms with van der Waals surface area (Å²) in [5.74, 6) is 0. The van der Waals surface area contributed by atoms with E-state index >= 15 is 0 Å². The average molecular weight is 234 g/mol. The first kappa shape index (κ1) is 12.0. The maximum absolute atomic E-state index is 12.4. The monoisotopic (exact) mass is 234 g/mol. The van der Waals surface area contributed by atoms with Crippen LogP contribution in [-0.2, 0) is 11.0 Å². The van der Waals surface area contributed by atoms with Gasteiger partial charge in [0, 0.05) is 12.1 Å². The Morgan fingerprint density at radius 3 is 2.44 bits per heavy atom. The molecule has 0 unspecified atom stereocenters. The van der Waals surface area contributed by atoms with Crippen molar-refractivity contribution in [3.8, 4) is 0 Å². The van der Waals surface area contributed by atoms with Crippen LogP contribution in [0.25, 0.3) is 0 Å². The first-order chi connectivity index (χ1) is 7.36. The fourth-order valence-corrected chi connectivity index (χ4v) is 1.07. The fourth-order valence-electron chi connectivity index (χ4n) is 1.07. The lowest BCUT2D eigenvalue weighted by Crippen LogP contribution is -2.10. The zero-order valence-electron chi connectivity index (χ0n) is 7.62. The zero-order chi connectivity index (χ0) is 12.3. The number of benzene rings is 1. The van der Waals surface area contributed by atoms with Gasteiger partial charge in [-0.3, -0.25) is 14.9 Å². The minimum atomic E-state index is -4.77. The van der Waals surface area contributed by atoms with Crippen molar-refractivity contribution in [2.75, 3.05) is 5.32 Å². The van der Waals surface area contributed by atoms with E-state index in [4.69, 9.17) is 0 Å². The number of carbonyl (C=O) groups excluding carboxylic acids is 1. The van der Waals surface area contributed by atoms with E-state index in [0.29, 0.717) is 6.07 Å². The van der Waals surface area contributed by atoms with E-state index in [1.165, 1.54) is 0 Å². The van der Waals surface area contributed by atoms with Crippen LogP contribution in [0.3, 0.4) is 0 Å². The number of hydrogen-bond donors (Lipinski definition) is 1. The summed E-state index contributed by atoms with van der Waals surface area (Å²) in [7, 11) is 0. The number of nitrogens with one attached hydrogen (secondary N) is 1. The number of halogens is 3. The molecule has 5 nitrogen and oxygen atoms in total. The Labute approximate surface area is 87.0 Å². The summed E-state index contributed by atoms with van der Waals surface area (Å²) in [6.07, 6.45) is -4.70. The highest BCUT2D eigenvalue weighted by atomic mass is 19.4. The molecule has 0 heterocycles. The Kier molecular flexibility index (Phi) is 3.11. The van der Waals surface area contributed by atoms with Crippen molar-refractivity contribution in [2.24, 2.45) is 0 Å². The molecule has 8 heteroatoms. The summed E-state index contributed by atoms with van der Waals surface area (Å²) in [6.45, 7) is 0. The van der Waals surface area contributed by atoms with E-state index in [1.807, 2.05) is 5.32 Å². The molecule has 0 aromatic heterocycles. The number of nitrogens with zero attached hydrogens (tertiary/aromatic N) is 1.